The van der Waals surface area contributed by atoms with Crippen LogP contribution < -0.4 is 9.64 Å². The van der Waals surface area contributed by atoms with E-state index in [2.05, 4.69) is 20.8 Å². The van der Waals surface area contributed by atoms with Crippen LogP contribution in [-0.4, -0.2) is 49.1 Å². The van der Waals surface area contributed by atoms with Crippen LogP contribution in [0.25, 0.3) is 10.2 Å². The fourth-order valence-corrected chi connectivity index (χ4v) is 4.50. The first kappa shape index (κ1) is 17.3. The summed E-state index contributed by atoms with van der Waals surface area (Å²) in [6.07, 6.45) is 0. The zero-order valence-electron chi connectivity index (χ0n) is 14.3. The molecule has 0 N–H and O–H groups in total. The molecule has 1 amide bonds. The SMILES string of the molecule is COc1ccc2nc(N3CCN(C(=O)c4cccc(Br)c4)CC3)sc2c1. The number of benzene rings is 2. The normalized spacial score (nSPS) is 14.7. The Morgan fingerprint density at radius 3 is 2.69 bits per heavy atom. The van der Waals surface area contributed by atoms with Crippen LogP contribution in [0.15, 0.2) is 46.9 Å². The Balaban J connectivity index is 1.45. The first-order valence-electron chi connectivity index (χ1n) is 8.38. The smallest absolute Gasteiger partial charge is 0.254 e. The maximum absolute atomic E-state index is 12.7. The van der Waals surface area contributed by atoms with Gasteiger partial charge in [-0.2, -0.15) is 0 Å². The summed E-state index contributed by atoms with van der Waals surface area (Å²) in [5, 5.41) is 1.00. The predicted molar refractivity (Wildman–Crippen MR) is 108 cm³/mol. The van der Waals surface area contributed by atoms with E-state index in [0.29, 0.717) is 13.1 Å². The van der Waals surface area contributed by atoms with E-state index in [0.717, 1.165) is 44.2 Å². The molecule has 2 heterocycles. The van der Waals surface area contributed by atoms with Crippen LogP contribution >= 0.6 is 27.3 Å². The van der Waals surface area contributed by atoms with E-state index in [9.17, 15) is 4.79 Å². The van der Waals surface area contributed by atoms with Crippen LogP contribution in [0.1, 0.15) is 10.4 Å². The largest absolute Gasteiger partial charge is 0.497 e. The Kier molecular flexibility index (Phi) is 4.82. The van der Waals surface area contributed by atoms with Crippen molar-refractivity contribution in [2.24, 2.45) is 0 Å². The molecule has 4 rings (SSSR count). The van der Waals surface area contributed by atoms with Crippen molar-refractivity contribution in [1.82, 2.24) is 9.88 Å². The van der Waals surface area contributed by atoms with Gasteiger partial charge in [0.25, 0.3) is 5.91 Å². The minimum absolute atomic E-state index is 0.0833. The summed E-state index contributed by atoms with van der Waals surface area (Å²) in [5.41, 5.74) is 1.71. The average molecular weight is 432 g/mol. The molecule has 0 radical (unpaired) electrons. The summed E-state index contributed by atoms with van der Waals surface area (Å²) in [6.45, 7) is 2.97. The lowest BCUT2D eigenvalue weighted by Crippen LogP contribution is -2.48. The van der Waals surface area contributed by atoms with Crippen LogP contribution in [0, 0.1) is 0 Å². The first-order valence-corrected chi connectivity index (χ1v) is 9.99. The Morgan fingerprint density at radius 2 is 1.96 bits per heavy atom. The van der Waals surface area contributed by atoms with Crippen molar-refractivity contribution >= 4 is 48.5 Å². The number of carbonyl (C=O) groups is 1. The molecule has 5 nitrogen and oxygen atoms in total. The minimum Gasteiger partial charge on any atom is -0.497 e. The van der Waals surface area contributed by atoms with Crippen molar-refractivity contribution in [3.05, 3.63) is 52.5 Å². The Bertz CT molecular complexity index is 951. The van der Waals surface area contributed by atoms with Gasteiger partial charge in [-0.1, -0.05) is 33.3 Å². The summed E-state index contributed by atoms with van der Waals surface area (Å²) >= 11 is 5.09. The third-order valence-corrected chi connectivity index (χ3v) is 6.07. The number of hydrogen-bond donors (Lipinski definition) is 0. The van der Waals surface area contributed by atoms with Gasteiger partial charge in [-0.25, -0.2) is 4.98 Å². The van der Waals surface area contributed by atoms with E-state index in [1.807, 2.05) is 47.4 Å². The fourth-order valence-electron chi connectivity index (χ4n) is 3.06. The van der Waals surface area contributed by atoms with E-state index < -0.39 is 0 Å². The van der Waals surface area contributed by atoms with Crippen molar-refractivity contribution in [3.63, 3.8) is 0 Å². The topological polar surface area (TPSA) is 45.7 Å². The lowest BCUT2D eigenvalue weighted by molar-refractivity contribution is 0.0746. The number of nitrogens with zero attached hydrogens (tertiary/aromatic N) is 3. The molecule has 0 saturated carbocycles. The Labute approximate surface area is 164 Å². The second-order valence-corrected chi connectivity index (χ2v) is 8.04. The summed E-state index contributed by atoms with van der Waals surface area (Å²) in [4.78, 5) is 21.6. The molecule has 7 heteroatoms. The van der Waals surface area contributed by atoms with E-state index >= 15 is 0 Å². The minimum atomic E-state index is 0.0833. The molecule has 3 aromatic rings. The standard InChI is InChI=1S/C19H18BrN3O2S/c1-25-15-5-6-16-17(12-15)26-19(21-16)23-9-7-22(8-10-23)18(24)13-3-2-4-14(20)11-13/h2-6,11-12H,7-10H2,1H3. The van der Waals surface area contributed by atoms with Gasteiger partial charge in [0.1, 0.15) is 5.75 Å². The number of carbonyl (C=O) groups excluding carboxylic acids is 1. The Hall–Kier alpha value is -2.12. The highest BCUT2D eigenvalue weighted by molar-refractivity contribution is 9.10. The van der Waals surface area contributed by atoms with Crippen LogP contribution in [0.4, 0.5) is 5.13 Å². The monoisotopic (exact) mass is 431 g/mol. The van der Waals surface area contributed by atoms with Gasteiger partial charge in [-0.15, -0.1) is 0 Å². The second kappa shape index (κ2) is 7.25. The molecule has 1 aliphatic heterocycles. The number of aromatic nitrogens is 1. The van der Waals surface area contributed by atoms with Crippen molar-refractivity contribution in [2.45, 2.75) is 0 Å². The number of thiazole rings is 1. The van der Waals surface area contributed by atoms with Crippen molar-refractivity contribution in [3.8, 4) is 5.75 Å². The maximum Gasteiger partial charge on any atom is 0.254 e. The van der Waals surface area contributed by atoms with E-state index in [1.165, 1.54) is 0 Å². The molecule has 2 aromatic carbocycles. The highest BCUT2D eigenvalue weighted by atomic mass is 79.9. The highest BCUT2D eigenvalue weighted by Gasteiger charge is 2.24. The number of hydrogen-bond acceptors (Lipinski definition) is 5. The summed E-state index contributed by atoms with van der Waals surface area (Å²) in [6, 6.07) is 13.5. The first-order chi connectivity index (χ1) is 12.6. The highest BCUT2D eigenvalue weighted by Crippen LogP contribution is 2.32. The molecule has 26 heavy (non-hydrogen) atoms. The second-order valence-electron chi connectivity index (χ2n) is 6.12. The molecule has 1 saturated heterocycles. The van der Waals surface area contributed by atoms with E-state index in [-0.39, 0.29) is 5.91 Å². The van der Waals surface area contributed by atoms with Gasteiger partial charge in [0.15, 0.2) is 5.13 Å². The van der Waals surface area contributed by atoms with Crippen LogP contribution in [0.2, 0.25) is 0 Å². The summed E-state index contributed by atoms with van der Waals surface area (Å²) in [7, 11) is 1.67. The lowest BCUT2D eigenvalue weighted by Gasteiger charge is -2.34. The number of halogens is 1. The quantitative estimate of drug-likeness (QED) is 0.627. The average Bonchev–Trinajstić information content (AvgIpc) is 3.10. The fraction of sp³-hybridized carbons (Fsp3) is 0.263. The molecule has 0 atom stereocenters. The van der Waals surface area contributed by atoms with Gasteiger partial charge >= 0.3 is 0 Å². The third-order valence-electron chi connectivity index (χ3n) is 4.49. The van der Waals surface area contributed by atoms with Crippen molar-refractivity contribution in [1.29, 1.82) is 0 Å². The van der Waals surface area contributed by atoms with Gasteiger partial charge in [0, 0.05) is 36.2 Å². The van der Waals surface area contributed by atoms with Gasteiger partial charge in [0.05, 0.1) is 17.3 Å². The van der Waals surface area contributed by atoms with Crippen LogP contribution in [-0.2, 0) is 0 Å². The summed E-state index contributed by atoms with van der Waals surface area (Å²) < 4.78 is 7.33. The molecule has 1 aliphatic rings. The van der Waals surface area contributed by atoms with Crippen LogP contribution in [0.3, 0.4) is 0 Å². The molecule has 0 aliphatic carbocycles. The number of rotatable bonds is 3. The molecule has 1 aromatic heterocycles. The molecular formula is C19H18BrN3O2S. The van der Waals surface area contributed by atoms with Crippen molar-refractivity contribution in [2.75, 3.05) is 38.2 Å². The summed E-state index contributed by atoms with van der Waals surface area (Å²) in [5.74, 6) is 0.928. The van der Waals surface area contributed by atoms with Gasteiger partial charge in [-0.05, 0) is 36.4 Å². The maximum atomic E-state index is 12.7. The van der Waals surface area contributed by atoms with E-state index in [4.69, 9.17) is 9.72 Å². The lowest BCUT2D eigenvalue weighted by atomic mass is 10.2. The number of fused-ring (bicyclic) bond motifs is 1. The third kappa shape index (κ3) is 3.41. The van der Waals surface area contributed by atoms with E-state index in [1.54, 1.807) is 18.4 Å². The predicted octanol–water partition coefficient (Wildman–Crippen LogP) is 4.03. The Morgan fingerprint density at radius 1 is 1.15 bits per heavy atom. The molecule has 0 bridgehead atoms. The molecule has 134 valence electrons. The van der Waals surface area contributed by atoms with Gasteiger partial charge in [0.2, 0.25) is 0 Å². The molecule has 0 spiro atoms. The van der Waals surface area contributed by atoms with Gasteiger partial charge < -0.3 is 14.5 Å². The number of anilines is 1. The van der Waals surface area contributed by atoms with Gasteiger partial charge in [-0.3, -0.25) is 4.79 Å². The zero-order chi connectivity index (χ0) is 18.1. The molecule has 1 fully saturated rings. The number of piperazine rings is 1. The number of ether oxygens (including phenoxy) is 1. The van der Waals surface area contributed by atoms with Crippen molar-refractivity contribution < 1.29 is 9.53 Å². The van der Waals surface area contributed by atoms with Crippen LogP contribution in [0.5, 0.6) is 5.75 Å². The number of methoxy groups -OCH3 is 1. The number of amides is 1. The zero-order valence-corrected chi connectivity index (χ0v) is 16.7. The molecular weight excluding hydrogens is 414 g/mol. The molecule has 0 unspecified atom stereocenters.